The van der Waals surface area contributed by atoms with Gasteiger partial charge in [-0.3, -0.25) is 43.3 Å². The highest BCUT2D eigenvalue weighted by Crippen LogP contribution is 2.15. The van der Waals surface area contributed by atoms with Crippen molar-refractivity contribution in [3.8, 4) is 11.5 Å². The van der Waals surface area contributed by atoms with Gasteiger partial charge in [0.1, 0.15) is 53.8 Å². The van der Waals surface area contributed by atoms with Crippen LogP contribution >= 0.6 is 12.6 Å². The number of phenolic OH excluding ortho intramolecular Hbond substituents is 2. The zero-order valence-electron chi connectivity index (χ0n) is 40.5. The molecule has 0 aliphatic heterocycles. The van der Waals surface area contributed by atoms with Gasteiger partial charge >= 0.3 is 11.9 Å². The molecule has 0 aliphatic rings. The van der Waals surface area contributed by atoms with Crippen LogP contribution < -0.4 is 60.2 Å². The zero-order valence-corrected chi connectivity index (χ0v) is 41.4. The van der Waals surface area contributed by atoms with E-state index in [0.717, 1.165) is 0 Å². The first-order valence-corrected chi connectivity index (χ1v) is 23.9. The van der Waals surface area contributed by atoms with Gasteiger partial charge in [-0.1, -0.05) is 44.5 Å². The topological polar surface area (TPSA) is 435 Å². The Kier molecular flexibility index (Phi) is 26.4. The maximum Gasteiger partial charge on any atom is 0.326 e. The summed E-state index contributed by atoms with van der Waals surface area (Å²) in [6.45, 7) is 5.11. The molecule has 0 heterocycles. The maximum atomic E-state index is 14.1. The minimum Gasteiger partial charge on any atom is -0.508 e. The second kappa shape index (κ2) is 31.2. The molecule has 0 saturated carbocycles. The predicted molar refractivity (Wildman–Crippen MR) is 267 cm³/mol. The number of unbranched alkanes of at least 4 members (excludes halogenated alkanes) is 1. The highest BCUT2D eigenvalue weighted by atomic mass is 32.1. The largest absolute Gasteiger partial charge is 0.508 e. The first kappa shape index (κ1) is 60.9. The van der Waals surface area contributed by atoms with Crippen LogP contribution in [0.25, 0.3) is 0 Å². The Balaban J connectivity index is 2.35. The number of amides is 7. The van der Waals surface area contributed by atoms with Crippen LogP contribution in [-0.2, 0) is 56.0 Å². The number of nitrogens with two attached hydrogens (primary N) is 4. The van der Waals surface area contributed by atoms with Crippen LogP contribution in [-0.4, -0.2) is 147 Å². The Bertz CT molecular complexity index is 2180. The first-order chi connectivity index (χ1) is 34.0. The van der Waals surface area contributed by atoms with Gasteiger partial charge in [0.05, 0.1) is 12.5 Å². The molecule has 2 rings (SSSR count). The van der Waals surface area contributed by atoms with Crippen LogP contribution in [0, 0.1) is 5.92 Å². The summed E-state index contributed by atoms with van der Waals surface area (Å²) in [6, 6.07) is 0.339. The van der Waals surface area contributed by atoms with E-state index in [1.807, 2.05) is 6.92 Å². The average Bonchev–Trinajstić information content (AvgIpc) is 3.33. The number of aliphatic imine (C=N–C) groups is 1. The Morgan fingerprint density at radius 1 is 0.583 bits per heavy atom. The van der Waals surface area contributed by atoms with E-state index in [1.165, 1.54) is 43.3 Å². The molecule has 0 fully saturated rings. The van der Waals surface area contributed by atoms with Gasteiger partial charge in [0, 0.05) is 25.1 Å². The van der Waals surface area contributed by atoms with Gasteiger partial charge in [0.25, 0.3) is 0 Å². The number of aromatic hydroxyl groups is 2. The van der Waals surface area contributed by atoms with E-state index >= 15 is 0 Å². The smallest absolute Gasteiger partial charge is 0.326 e. The Labute approximate surface area is 422 Å². The third kappa shape index (κ3) is 21.8. The highest BCUT2D eigenvalue weighted by molar-refractivity contribution is 7.80. The lowest BCUT2D eigenvalue weighted by molar-refractivity contribution is -0.144. The molecule has 0 saturated heterocycles. The molecule has 0 spiro atoms. The number of carboxylic acid groups (broad SMARTS) is 2. The minimum absolute atomic E-state index is 0.0198. The molecule has 0 aromatic heterocycles. The summed E-state index contributed by atoms with van der Waals surface area (Å²) in [6.07, 6.45) is -0.0348. The molecule has 26 heteroatoms. The fourth-order valence-electron chi connectivity index (χ4n) is 6.80. The van der Waals surface area contributed by atoms with Crippen LogP contribution in [0.1, 0.15) is 76.8 Å². The molecular formula is C46H70N12O13S. The fraction of sp³-hybridized carbons (Fsp3) is 0.522. The lowest BCUT2D eigenvalue weighted by Gasteiger charge is -2.27. The van der Waals surface area contributed by atoms with Gasteiger partial charge in [-0.05, 0) is 86.9 Å². The van der Waals surface area contributed by atoms with E-state index in [2.05, 4.69) is 54.8 Å². The van der Waals surface area contributed by atoms with E-state index < -0.39 is 108 Å². The lowest BCUT2D eigenvalue weighted by atomic mass is 9.98. The Hall–Kier alpha value is -7.19. The summed E-state index contributed by atoms with van der Waals surface area (Å²) in [5.74, 6) is -10.3. The molecule has 2 aromatic carbocycles. The van der Waals surface area contributed by atoms with Crippen molar-refractivity contribution in [2.24, 2.45) is 33.8 Å². The summed E-state index contributed by atoms with van der Waals surface area (Å²) in [5.41, 5.74) is 23.5. The predicted octanol–water partition coefficient (Wildman–Crippen LogP) is -2.66. The maximum absolute atomic E-state index is 14.1. The van der Waals surface area contributed by atoms with Gasteiger partial charge in [0.2, 0.25) is 41.4 Å². The number of nitrogens with one attached hydrogen (secondary N) is 7. The number of thiol groups is 1. The Morgan fingerprint density at radius 2 is 1.01 bits per heavy atom. The van der Waals surface area contributed by atoms with E-state index in [0.29, 0.717) is 30.4 Å². The fourth-order valence-corrected chi connectivity index (χ4v) is 7.06. The molecule has 0 unspecified atom stereocenters. The highest BCUT2D eigenvalue weighted by Gasteiger charge is 2.34. The van der Waals surface area contributed by atoms with Crippen LogP contribution in [0.2, 0.25) is 0 Å². The molecule has 0 aliphatic carbocycles. The molecule has 19 N–H and O–H groups in total. The SMILES string of the molecule is CC[C@H](C)[C@H](N)C(=O)N[C@@H](Cc1ccc(O)cc1)C(=O)N[C@@H](Cc1ccc(O)cc1)C(=O)N[C@@H](CS)C(=O)N[C@@H](C)C(=O)N[C@@H](CCCN=C(N)N)C(=O)N[C@@H](CC(=O)O)C(=O)N[C@@H](CCCCN)C(=O)O. The van der Waals surface area contributed by atoms with Crippen molar-refractivity contribution in [3.63, 3.8) is 0 Å². The molecule has 0 bridgehead atoms. The van der Waals surface area contributed by atoms with E-state index in [9.17, 15) is 63.6 Å². The van der Waals surface area contributed by atoms with Crippen LogP contribution in [0.4, 0.5) is 0 Å². The number of benzene rings is 2. The van der Waals surface area contributed by atoms with Crippen molar-refractivity contribution in [1.29, 1.82) is 0 Å². The minimum atomic E-state index is -1.79. The summed E-state index contributed by atoms with van der Waals surface area (Å²) in [7, 11) is 0. The van der Waals surface area contributed by atoms with Crippen molar-refractivity contribution in [1.82, 2.24) is 37.2 Å². The monoisotopic (exact) mass is 1030 g/mol. The number of rotatable bonds is 32. The van der Waals surface area contributed by atoms with Gasteiger partial charge in [-0.2, -0.15) is 12.6 Å². The number of phenols is 2. The van der Waals surface area contributed by atoms with Crippen molar-refractivity contribution in [3.05, 3.63) is 59.7 Å². The quantitative estimate of drug-likeness (QED) is 0.0154. The molecule has 9 atom stereocenters. The van der Waals surface area contributed by atoms with E-state index in [4.69, 9.17) is 22.9 Å². The van der Waals surface area contributed by atoms with Crippen LogP contribution in [0.3, 0.4) is 0 Å². The van der Waals surface area contributed by atoms with Gasteiger partial charge in [-0.25, -0.2) is 4.79 Å². The van der Waals surface area contributed by atoms with Crippen molar-refractivity contribution in [2.45, 2.75) is 127 Å². The van der Waals surface area contributed by atoms with Crippen molar-refractivity contribution >= 4 is 71.9 Å². The third-order valence-electron chi connectivity index (χ3n) is 11.3. The number of carbonyl (C=O) groups excluding carboxylic acids is 7. The summed E-state index contributed by atoms with van der Waals surface area (Å²) in [5, 5.41) is 56.1. The summed E-state index contributed by atoms with van der Waals surface area (Å²) >= 11 is 4.24. The van der Waals surface area contributed by atoms with E-state index in [-0.39, 0.29) is 74.3 Å². The molecule has 25 nitrogen and oxygen atoms in total. The average molecular weight is 1030 g/mol. The first-order valence-electron chi connectivity index (χ1n) is 23.2. The molecule has 7 amide bonds. The van der Waals surface area contributed by atoms with Gasteiger partial charge < -0.3 is 80.6 Å². The molecule has 72 heavy (non-hydrogen) atoms. The molecule has 398 valence electrons. The number of hydrogen-bond donors (Lipinski definition) is 16. The van der Waals surface area contributed by atoms with Crippen LogP contribution in [0.15, 0.2) is 53.5 Å². The number of nitrogens with zero attached hydrogens (tertiary/aromatic N) is 1. The molecule has 2 aromatic rings. The van der Waals surface area contributed by atoms with Crippen molar-refractivity contribution in [2.75, 3.05) is 18.8 Å². The standard InChI is InChI=1S/C46H70N12O13S/c1-4-24(2)37(48)44(69)57-33(21-27-12-16-29(60)17-13-27)40(65)55-32(20-26-10-14-28(59)15-11-26)41(66)58-35(23-72)43(68)52-25(3)38(63)53-30(9-7-19-51-46(49)50)39(64)56-34(22-36(61)62)42(67)54-31(45(70)71)8-5-6-18-47/h10-17,24-25,30-35,37,59-60,72H,4-9,18-23,47-48H2,1-3H3,(H,52,68)(H,53,63)(H,54,67)(H,55,65)(H,56,64)(H,57,69)(H,58,66)(H,61,62)(H,70,71)(H4,49,50,51)/t24-,25-,30-,31-,32-,33-,34-,35-,37-/m0/s1. The Morgan fingerprint density at radius 3 is 1.49 bits per heavy atom. The van der Waals surface area contributed by atoms with Crippen molar-refractivity contribution < 1.29 is 63.6 Å². The number of guanidine groups is 1. The summed E-state index contributed by atoms with van der Waals surface area (Å²) < 4.78 is 0. The van der Waals surface area contributed by atoms with Gasteiger partial charge in [0.15, 0.2) is 5.96 Å². The third-order valence-corrected chi connectivity index (χ3v) is 11.7. The number of carbonyl (C=O) groups is 9. The normalized spacial score (nSPS) is 14.7. The van der Waals surface area contributed by atoms with Gasteiger partial charge in [-0.15, -0.1) is 0 Å². The molecular weight excluding hydrogens is 961 g/mol. The number of aliphatic carboxylic acids is 2. The molecule has 0 radical (unpaired) electrons. The lowest BCUT2D eigenvalue weighted by Crippen LogP contribution is -2.60. The zero-order chi connectivity index (χ0) is 54.1. The second-order valence-electron chi connectivity index (χ2n) is 17.1. The number of carboxylic acids is 2. The number of hydrogen-bond acceptors (Lipinski definition) is 15. The summed E-state index contributed by atoms with van der Waals surface area (Å²) in [4.78, 5) is 123. The second-order valence-corrected chi connectivity index (χ2v) is 17.5. The van der Waals surface area contributed by atoms with E-state index in [1.54, 1.807) is 19.1 Å². The van der Waals surface area contributed by atoms with Crippen LogP contribution in [0.5, 0.6) is 11.5 Å².